The van der Waals surface area contributed by atoms with Crippen LogP contribution in [-0.2, 0) is 13.0 Å². The lowest BCUT2D eigenvalue weighted by molar-refractivity contribution is 0.750. The fraction of sp³-hybridized carbons (Fsp3) is 0.211. The predicted molar refractivity (Wildman–Crippen MR) is 98.6 cm³/mol. The Balaban J connectivity index is 1.80. The summed E-state index contributed by atoms with van der Waals surface area (Å²) in [7, 11) is 0. The van der Waals surface area contributed by atoms with Crippen LogP contribution in [0.3, 0.4) is 0 Å². The van der Waals surface area contributed by atoms with Crippen molar-refractivity contribution in [1.29, 1.82) is 0 Å². The van der Waals surface area contributed by atoms with Crippen molar-refractivity contribution in [3.05, 3.63) is 82.0 Å². The third-order valence-corrected chi connectivity index (χ3v) is 3.93. The van der Waals surface area contributed by atoms with Crippen LogP contribution in [0.1, 0.15) is 23.9 Å². The van der Waals surface area contributed by atoms with Gasteiger partial charge in [-0.15, -0.1) is 0 Å². The van der Waals surface area contributed by atoms with Crippen molar-refractivity contribution in [2.45, 2.75) is 26.8 Å². The number of anilines is 1. The van der Waals surface area contributed by atoms with Crippen molar-refractivity contribution >= 4 is 5.95 Å². The lowest BCUT2D eigenvalue weighted by Gasteiger charge is -2.14. The second kappa shape index (κ2) is 7.72. The van der Waals surface area contributed by atoms with E-state index in [-0.39, 0.29) is 11.6 Å². The SMILES string of the molecule is CCc1ccccc1-n1c(C)nc(NNCc2ccccc2)nc1=O. The number of benzene rings is 2. The maximum atomic E-state index is 12.5. The van der Waals surface area contributed by atoms with Crippen LogP contribution in [0.15, 0.2) is 59.4 Å². The summed E-state index contributed by atoms with van der Waals surface area (Å²) in [5, 5.41) is 0. The summed E-state index contributed by atoms with van der Waals surface area (Å²) < 4.78 is 1.54. The van der Waals surface area contributed by atoms with Crippen LogP contribution < -0.4 is 16.5 Å². The summed E-state index contributed by atoms with van der Waals surface area (Å²) in [6.07, 6.45) is 0.834. The van der Waals surface area contributed by atoms with E-state index in [1.807, 2.05) is 54.6 Å². The second-order valence-electron chi connectivity index (χ2n) is 5.66. The van der Waals surface area contributed by atoms with Crippen molar-refractivity contribution in [3.63, 3.8) is 0 Å². The van der Waals surface area contributed by atoms with Crippen LogP contribution >= 0.6 is 0 Å². The van der Waals surface area contributed by atoms with Gasteiger partial charge in [-0.2, -0.15) is 9.97 Å². The largest absolute Gasteiger partial charge is 0.356 e. The average Bonchev–Trinajstić information content (AvgIpc) is 2.62. The van der Waals surface area contributed by atoms with Crippen LogP contribution in [0.4, 0.5) is 5.95 Å². The monoisotopic (exact) mass is 335 g/mol. The number of hydrogen-bond acceptors (Lipinski definition) is 5. The Bertz CT molecular complexity index is 905. The Morgan fingerprint density at radius 2 is 1.72 bits per heavy atom. The van der Waals surface area contributed by atoms with Gasteiger partial charge >= 0.3 is 5.69 Å². The minimum atomic E-state index is -0.350. The molecule has 0 aliphatic rings. The first-order chi connectivity index (χ1) is 12.2. The summed E-state index contributed by atoms with van der Waals surface area (Å²) in [6, 6.07) is 17.7. The molecule has 3 aromatic rings. The van der Waals surface area contributed by atoms with Crippen LogP contribution in [0.25, 0.3) is 5.69 Å². The number of hydrogen-bond donors (Lipinski definition) is 2. The number of aryl methyl sites for hydroxylation is 2. The van der Waals surface area contributed by atoms with E-state index in [1.165, 1.54) is 0 Å². The van der Waals surface area contributed by atoms with Crippen LogP contribution in [0, 0.1) is 6.92 Å². The van der Waals surface area contributed by atoms with E-state index in [9.17, 15) is 4.79 Å². The molecule has 6 heteroatoms. The zero-order chi connectivity index (χ0) is 17.6. The molecule has 3 rings (SSSR count). The van der Waals surface area contributed by atoms with Crippen molar-refractivity contribution in [3.8, 4) is 5.69 Å². The molecule has 0 saturated heterocycles. The number of hydrazine groups is 1. The molecule has 0 amide bonds. The molecule has 0 fully saturated rings. The van der Waals surface area contributed by atoms with Gasteiger partial charge in [-0.1, -0.05) is 55.5 Å². The van der Waals surface area contributed by atoms with E-state index in [0.717, 1.165) is 23.2 Å². The summed E-state index contributed by atoms with van der Waals surface area (Å²) >= 11 is 0. The van der Waals surface area contributed by atoms with Gasteiger partial charge in [-0.25, -0.2) is 14.8 Å². The Kier molecular flexibility index (Phi) is 5.20. The van der Waals surface area contributed by atoms with E-state index in [4.69, 9.17) is 0 Å². The minimum Gasteiger partial charge on any atom is -0.289 e. The third-order valence-electron chi connectivity index (χ3n) is 3.93. The van der Waals surface area contributed by atoms with Crippen molar-refractivity contribution in [1.82, 2.24) is 20.0 Å². The van der Waals surface area contributed by atoms with Gasteiger partial charge in [0.1, 0.15) is 5.82 Å². The molecule has 1 aromatic heterocycles. The van der Waals surface area contributed by atoms with Crippen LogP contribution in [0.2, 0.25) is 0 Å². The van der Waals surface area contributed by atoms with Gasteiger partial charge in [-0.3, -0.25) is 5.43 Å². The first kappa shape index (κ1) is 16.9. The van der Waals surface area contributed by atoms with Gasteiger partial charge in [-0.05, 0) is 30.5 Å². The summed E-state index contributed by atoms with van der Waals surface area (Å²) in [4.78, 5) is 20.9. The topological polar surface area (TPSA) is 71.8 Å². The lowest BCUT2D eigenvalue weighted by Crippen LogP contribution is -2.30. The fourth-order valence-corrected chi connectivity index (χ4v) is 2.69. The van der Waals surface area contributed by atoms with E-state index in [2.05, 4.69) is 27.7 Å². The minimum absolute atomic E-state index is 0.267. The zero-order valence-corrected chi connectivity index (χ0v) is 14.4. The molecule has 25 heavy (non-hydrogen) atoms. The van der Waals surface area contributed by atoms with Crippen molar-refractivity contribution in [2.75, 3.05) is 5.43 Å². The molecule has 1 heterocycles. The molecular formula is C19H21N5O. The van der Waals surface area contributed by atoms with E-state index in [1.54, 1.807) is 11.5 Å². The zero-order valence-electron chi connectivity index (χ0n) is 14.4. The van der Waals surface area contributed by atoms with Crippen LogP contribution in [-0.4, -0.2) is 14.5 Å². The smallest absolute Gasteiger partial charge is 0.289 e. The lowest BCUT2D eigenvalue weighted by atomic mass is 10.1. The molecule has 0 aliphatic heterocycles. The average molecular weight is 335 g/mol. The van der Waals surface area contributed by atoms with E-state index in [0.29, 0.717) is 12.4 Å². The number of rotatable bonds is 6. The molecule has 0 saturated carbocycles. The Hall–Kier alpha value is -2.99. The molecule has 0 radical (unpaired) electrons. The molecular weight excluding hydrogens is 314 g/mol. The quantitative estimate of drug-likeness (QED) is 0.678. The molecule has 2 aromatic carbocycles. The highest BCUT2D eigenvalue weighted by atomic mass is 16.1. The number of para-hydroxylation sites is 1. The maximum Gasteiger partial charge on any atom is 0.356 e. The number of nitrogens with zero attached hydrogens (tertiary/aromatic N) is 3. The van der Waals surface area contributed by atoms with E-state index < -0.39 is 0 Å². The summed E-state index contributed by atoms with van der Waals surface area (Å²) in [5.41, 5.74) is 8.61. The highest BCUT2D eigenvalue weighted by Crippen LogP contribution is 2.14. The predicted octanol–water partition coefficient (Wildman–Crippen LogP) is 2.62. The molecule has 2 N–H and O–H groups in total. The molecule has 0 atom stereocenters. The second-order valence-corrected chi connectivity index (χ2v) is 5.66. The fourth-order valence-electron chi connectivity index (χ4n) is 2.69. The third kappa shape index (κ3) is 3.92. The van der Waals surface area contributed by atoms with Crippen LogP contribution in [0.5, 0.6) is 0 Å². The summed E-state index contributed by atoms with van der Waals surface area (Å²) in [6.45, 7) is 4.46. The van der Waals surface area contributed by atoms with Gasteiger partial charge in [0.2, 0.25) is 5.95 Å². The maximum absolute atomic E-state index is 12.5. The summed E-state index contributed by atoms with van der Waals surface area (Å²) in [5.74, 6) is 0.855. The standard InChI is InChI=1S/C19H21N5O/c1-3-16-11-7-8-12-17(16)24-14(2)21-18(22-19(24)25)23-20-13-15-9-5-4-6-10-15/h4-12,20H,3,13H2,1-2H3,(H,22,23,25). The van der Waals surface area contributed by atoms with Gasteiger partial charge in [0, 0.05) is 6.54 Å². The highest BCUT2D eigenvalue weighted by Gasteiger charge is 2.11. The molecule has 0 bridgehead atoms. The van der Waals surface area contributed by atoms with E-state index >= 15 is 0 Å². The van der Waals surface area contributed by atoms with Gasteiger partial charge in [0.15, 0.2) is 0 Å². The molecule has 0 spiro atoms. The Morgan fingerprint density at radius 1 is 1.00 bits per heavy atom. The highest BCUT2D eigenvalue weighted by molar-refractivity contribution is 5.42. The molecule has 128 valence electrons. The van der Waals surface area contributed by atoms with Gasteiger partial charge < -0.3 is 0 Å². The number of aromatic nitrogens is 3. The molecule has 6 nitrogen and oxygen atoms in total. The van der Waals surface area contributed by atoms with Gasteiger partial charge in [0.25, 0.3) is 0 Å². The Morgan fingerprint density at radius 3 is 2.44 bits per heavy atom. The molecule has 0 unspecified atom stereocenters. The number of nitrogens with one attached hydrogen (secondary N) is 2. The first-order valence-corrected chi connectivity index (χ1v) is 8.28. The van der Waals surface area contributed by atoms with Crippen molar-refractivity contribution < 1.29 is 0 Å². The normalized spacial score (nSPS) is 10.6. The van der Waals surface area contributed by atoms with Crippen molar-refractivity contribution in [2.24, 2.45) is 0 Å². The Labute approximate surface area is 146 Å². The molecule has 0 aliphatic carbocycles. The first-order valence-electron chi connectivity index (χ1n) is 8.28. The van der Waals surface area contributed by atoms with Gasteiger partial charge in [0.05, 0.1) is 5.69 Å².